The van der Waals surface area contributed by atoms with Crippen molar-refractivity contribution in [1.29, 1.82) is 0 Å². The Kier molecular flexibility index (Phi) is 18.2. The van der Waals surface area contributed by atoms with Gasteiger partial charge >= 0.3 is 0 Å². The zero-order valence-corrected chi connectivity index (χ0v) is 60.0. The quantitative estimate of drug-likeness (QED) is 0.0459. The number of nitrogens with zero attached hydrogens (tertiary/aromatic N) is 4. The number of ether oxygens (including phenoxy) is 4. The highest BCUT2D eigenvalue weighted by molar-refractivity contribution is 9.10. The van der Waals surface area contributed by atoms with Gasteiger partial charge in [0.15, 0.2) is 0 Å². The molecule has 0 spiro atoms. The van der Waals surface area contributed by atoms with Gasteiger partial charge in [0.2, 0.25) is 0 Å². The maximum absolute atomic E-state index is 6.95. The molecule has 0 saturated carbocycles. The molecule has 0 fully saturated rings. The fraction of sp³-hybridized carbons (Fsp3) is 0.209. The highest BCUT2D eigenvalue weighted by Crippen LogP contribution is 2.54. The van der Waals surface area contributed by atoms with E-state index >= 15 is 0 Å². The molecule has 1 aliphatic rings. The number of benzene rings is 12. The number of para-hydroxylation sites is 8. The fourth-order valence-corrected chi connectivity index (χ4v) is 17.3. The van der Waals surface area contributed by atoms with Crippen LogP contribution in [0.15, 0.2) is 276 Å². The van der Waals surface area contributed by atoms with Gasteiger partial charge in [-0.1, -0.05) is 190 Å². The lowest BCUT2D eigenvalue weighted by Crippen LogP contribution is -2.31. The third kappa shape index (κ3) is 12.7. The Morgan fingerprint density at radius 2 is 0.475 bits per heavy atom. The highest BCUT2D eigenvalue weighted by atomic mass is 79.9. The second kappa shape index (κ2) is 28.6. The van der Waals surface area contributed by atoms with E-state index in [1.807, 2.05) is 0 Å². The summed E-state index contributed by atoms with van der Waals surface area (Å²) in [5, 5.41) is 10.4. The first-order valence-corrected chi connectivity index (χ1v) is 37.7. The lowest BCUT2D eigenvalue weighted by molar-refractivity contribution is 0.288. The molecule has 101 heavy (non-hydrogen) atoms. The Morgan fingerprint density at radius 1 is 0.248 bits per heavy atom. The maximum Gasteiger partial charge on any atom is 0.123 e. The van der Waals surface area contributed by atoms with E-state index in [1.165, 1.54) is 109 Å². The lowest BCUT2D eigenvalue weighted by atomic mass is 9.69. The molecule has 0 N–H and O–H groups in total. The van der Waals surface area contributed by atoms with Crippen LogP contribution < -0.4 is 18.9 Å². The second-order valence-corrected chi connectivity index (χ2v) is 29.2. The van der Waals surface area contributed by atoms with Crippen LogP contribution >= 0.6 is 31.9 Å². The summed E-state index contributed by atoms with van der Waals surface area (Å²) < 4.78 is 39.8. The summed E-state index contributed by atoms with van der Waals surface area (Å²) >= 11 is 8.01. The highest BCUT2D eigenvalue weighted by Gasteiger charge is 2.44. The molecule has 17 rings (SSSR count). The van der Waals surface area contributed by atoms with Crippen LogP contribution in [0.3, 0.4) is 0 Å². The van der Waals surface area contributed by atoms with Crippen LogP contribution in [-0.4, -0.2) is 44.7 Å². The molecule has 4 heterocycles. The summed E-state index contributed by atoms with van der Waals surface area (Å²) in [4.78, 5) is 0. The molecule has 0 saturated heterocycles. The van der Waals surface area contributed by atoms with Crippen LogP contribution in [-0.2, 0) is 44.4 Å². The van der Waals surface area contributed by atoms with Crippen molar-refractivity contribution in [3.8, 4) is 34.1 Å². The van der Waals surface area contributed by atoms with Crippen molar-refractivity contribution in [3.63, 3.8) is 0 Å². The minimum absolute atomic E-state index is 0.556. The SMILES string of the molecule is Brc1ccc2c(c1)C(Cc1cc(OCCCCn3c4ccccc4c4ccccc43)cc(OCCCCn3c4ccccc4c4ccccc43)c1)(Cc1cc(OCCCCn3c4ccccc4c4ccccc43)cc(OCCCCn3c4ccccc4c4ccccc43)c1)c1cc(Br)ccc1-2. The molecule has 502 valence electrons. The van der Waals surface area contributed by atoms with Crippen molar-refractivity contribution in [2.75, 3.05) is 26.4 Å². The third-order valence-corrected chi connectivity index (χ3v) is 22.1. The predicted octanol–water partition coefficient (Wildman–Crippen LogP) is 23.8. The fourth-order valence-electron chi connectivity index (χ4n) is 16.6. The molecular weight excluding hydrogens is 1370 g/mol. The topological polar surface area (TPSA) is 56.6 Å². The molecule has 0 unspecified atom stereocenters. The number of aromatic nitrogens is 4. The molecule has 0 aliphatic heterocycles. The van der Waals surface area contributed by atoms with Gasteiger partial charge in [0.05, 0.1) is 26.4 Å². The minimum Gasteiger partial charge on any atom is -0.493 e. The van der Waals surface area contributed by atoms with Gasteiger partial charge in [-0.05, 0) is 195 Å². The van der Waals surface area contributed by atoms with E-state index in [1.54, 1.807) is 0 Å². The average molecular weight is 1450 g/mol. The third-order valence-electron chi connectivity index (χ3n) is 21.1. The Morgan fingerprint density at radius 3 is 0.713 bits per heavy atom. The number of fused-ring (bicyclic) bond motifs is 15. The number of rotatable bonds is 28. The van der Waals surface area contributed by atoms with Crippen molar-refractivity contribution in [1.82, 2.24) is 18.3 Å². The first-order valence-electron chi connectivity index (χ1n) is 36.1. The van der Waals surface area contributed by atoms with Gasteiger partial charge in [0, 0.05) is 140 Å². The average Bonchev–Trinajstić information content (AvgIpc) is 1.57. The molecule has 0 radical (unpaired) electrons. The van der Waals surface area contributed by atoms with Crippen molar-refractivity contribution in [2.45, 2.75) is 95.8 Å². The number of unbranched alkanes of at least 4 members (excludes halogenated alkanes) is 4. The van der Waals surface area contributed by atoms with Crippen LogP contribution in [0.2, 0.25) is 0 Å². The van der Waals surface area contributed by atoms with Gasteiger partial charge in [-0.25, -0.2) is 0 Å². The van der Waals surface area contributed by atoms with E-state index in [4.69, 9.17) is 18.9 Å². The molecule has 10 heteroatoms. The minimum atomic E-state index is -0.556. The monoisotopic (exact) mass is 1450 g/mol. The van der Waals surface area contributed by atoms with E-state index in [0.29, 0.717) is 39.3 Å². The van der Waals surface area contributed by atoms with Crippen LogP contribution in [0.5, 0.6) is 23.0 Å². The molecule has 12 aromatic carbocycles. The van der Waals surface area contributed by atoms with Gasteiger partial charge in [0.1, 0.15) is 23.0 Å². The molecule has 1 aliphatic carbocycles. The summed E-state index contributed by atoms with van der Waals surface area (Å²) in [5.74, 6) is 3.27. The standard InChI is InChI=1S/C91H80Br2N4O4/c92-65-41-43-71-72-44-42-66(93)58-82(72)91(81(71)57-65,61-63-53-67(98-49-21-17-45-94-83-33-9-1-25-73(83)74-26-2-10-34-84(74)94)59-68(54-63)99-50-22-18-46-95-85-35-11-3-27-75(85)76-28-4-12-36-86(76)95)62-64-55-69(100-51-23-19-47-96-87-37-13-5-29-77(87)78-30-6-14-38-88(78)96)60-70(56-64)101-52-24-20-48-97-89-39-15-7-31-79(89)80-32-8-16-40-90(80)97/h1-16,25-44,53-60H,17-24,45-52,61-62H2. The first-order chi connectivity index (χ1) is 49.9. The van der Waals surface area contributed by atoms with E-state index in [9.17, 15) is 0 Å². The van der Waals surface area contributed by atoms with Crippen LogP contribution in [0.25, 0.3) is 98.4 Å². The summed E-state index contributed by atoms with van der Waals surface area (Å²) in [6.07, 6.45) is 8.78. The normalized spacial score (nSPS) is 12.7. The second-order valence-electron chi connectivity index (χ2n) is 27.4. The number of aryl methyl sites for hydroxylation is 4. The van der Waals surface area contributed by atoms with Gasteiger partial charge < -0.3 is 37.2 Å². The summed E-state index contributed by atoms with van der Waals surface area (Å²) in [6.45, 7) is 5.91. The molecule has 0 bridgehead atoms. The number of hydrogen-bond acceptors (Lipinski definition) is 4. The summed E-state index contributed by atoms with van der Waals surface area (Å²) in [5.41, 5.74) is 16.9. The smallest absolute Gasteiger partial charge is 0.123 e. The first kappa shape index (κ1) is 64.4. The van der Waals surface area contributed by atoms with Crippen molar-refractivity contribution >= 4 is 119 Å². The van der Waals surface area contributed by atoms with Gasteiger partial charge in [-0.15, -0.1) is 0 Å². The van der Waals surface area contributed by atoms with Gasteiger partial charge in [-0.2, -0.15) is 0 Å². The maximum atomic E-state index is 6.95. The largest absolute Gasteiger partial charge is 0.493 e. The van der Waals surface area contributed by atoms with E-state index in [2.05, 4.69) is 317 Å². The molecule has 4 aromatic heterocycles. The summed E-state index contributed by atoms with van der Waals surface area (Å²) in [7, 11) is 0. The zero-order valence-electron chi connectivity index (χ0n) is 56.8. The Balaban J connectivity index is 0.676. The zero-order chi connectivity index (χ0) is 67.6. The molecule has 0 atom stereocenters. The van der Waals surface area contributed by atoms with E-state index < -0.39 is 5.41 Å². The van der Waals surface area contributed by atoms with Crippen LogP contribution in [0.4, 0.5) is 0 Å². The van der Waals surface area contributed by atoms with Crippen molar-refractivity contribution in [2.24, 2.45) is 0 Å². The van der Waals surface area contributed by atoms with Crippen molar-refractivity contribution < 1.29 is 18.9 Å². The van der Waals surface area contributed by atoms with Crippen molar-refractivity contribution in [3.05, 3.63) is 298 Å². The Labute approximate surface area is 606 Å². The lowest BCUT2D eigenvalue weighted by Gasteiger charge is -2.34. The van der Waals surface area contributed by atoms with E-state index in [0.717, 1.165) is 121 Å². The number of hydrogen-bond donors (Lipinski definition) is 0. The van der Waals surface area contributed by atoms with Crippen LogP contribution in [0.1, 0.15) is 73.6 Å². The van der Waals surface area contributed by atoms with E-state index in [-0.39, 0.29) is 0 Å². The molecule has 8 nitrogen and oxygen atoms in total. The number of halogens is 2. The predicted molar refractivity (Wildman–Crippen MR) is 425 cm³/mol. The molecular formula is C91H80Br2N4O4. The molecule has 16 aromatic rings. The molecule has 0 amide bonds. The summed E-state index contributed by atoms with van der Waals surface area (Å²) in [6, 6.07) is 97.3. The van der Waals surface area contributed by atoms with Gasteiger partial charge in [-0.3, -0.25) is 0 Å². The van der Waals surface area contributed by atoms with Crippen LogP contribution in [0, 0.1) is 0 Å². The Hall–Kier alpha value is -10.0. The van der Waals surface area contributed by atoms with Gasteiger partial charge in [0.25, 0.3) is 0 Å². The Bertz CT molecular complexity index is 4870.